The lowest BCUT2D eigenvalue weighted by Crippen LogP contribution is -2.11. The van der Waals surface area contributed by atoms with Gasteiger partial charge in [0.05, 0.1) is 4.92 Å². The number of hydrogen-bond acceptors (Lipinski definition) is 7. The van der Waals surface area contributed by atoms with Crippen molar-refractivity contribution in [1.82, 2.24) is 9.78 Å². The molecule has 9 heteroatoms. The van der Waals surface area contributed by atoms with Gasteiger partial charge in [0.1, 0.15) is 29.7 Å². The Kier molecular flexibility index (Phi) is 4.68. The molecule has 0 aliphatic carbocycles. The topological polar surface area (TPSA) is 135 Å². The van der Waals surface area contributed by atoms with Gasteiger partial charge in [-0.15, -0.1) is 0 Å². The highest BCUT2D eigenvalue weighted by atomic mass is 16.6. The molecule has 0 fully saturated rings. The van der Waals surface area contributed by atoms with Crippen molar-refractivity contribution in [2.24, 2.45) is 7.05 Å². The smallest absolute Gasteiger partial charge is 0.371 e. The van der Waals surface area contributed by atoms with Crippen molar-refractivity contribution in [3.05, 3.63) is 57.4 Å². The lowest BCUT2D eigenvalue weighted by atomic mass is 10.1. The van der Waals surface area contributed by atoms with Crippen molar-refractivity contribution >= 4 is 17.7 Å². The van der Waals surface area contributed by atoms with Crippen LogP contribution in [0.25, 0.3) is 6.08 Å². The Morgan fingerprint density at radius 1 is 1.33 bits per heavy atom. The van der Waals surface area contributed by atoms with Crippen LogP contribution in [0.4, 0.5) is 5.69 Å². The van der Waals surface area contributed by atoms with Gasteiger partial charge in [-0.1, -0.05) is 12.1 Å². The third-order valence-electron chi connectivity index (χ3n) is 2.84. The standard InChI is InChI=1S/C15H9N5O4/c1-19-9-13(20(22)23)14(18-19)15(21)24-12-4-2-10(3-5-12)6-11(7-16)8-17/h2-6,9H,1H3. The molecular weight excluding hydrogens is 314 g/mol. The Bertz CT molecular complexity index is 897. The first-order valence-corrected chi connectivity index (χ1v) is 6.46. The zero-order valence-corrected chi connectivity index (χ0v) is 12.3. The Labute approximate surface area is 135 Å². The zero-order valence-electron chi connectivity index (χ0n) is 12.3. The predicted molar refractivity (Wildman–Crippen MR) is 80.5 cm³/mol. The summed E-state index contributed by atoms with van der Waals surface area (Å²) in [6.45, 7) is 0. The molecule has 0 saturated carbocycles. The van der Waals surface area contributed by atoms with Crippen LogP contribution in [0.2, 0.25) is 0 Å². The molecule has 0 amide bonds. The average molecular weight is 323 g/mol. The van der Waals surface area contributed by atoms with Crippen LogP contribution in [0.1, 0.15) is 16.1 Å². The summed E-state index contributed by atoms with van der Waals surface area (Å²) >= 11 is 0. The second-order valence-corrected chi connectivity index (χ2v) is 4.53. The van der Waals surface area contributed by atoms with Crippen LogP contribution in [0.3, 0.4) is 0 Å². The minimum atomic E-state index is -0.958. The highest BCUT2D eigenvalue weighted by Gasteiger charge is 2.26. The van der Waals surface area contributed by atoms with Crippen molar-refractivity contribution in [3.63, 3.8) is 0 Å². The van der Waals surface area contributed by atoms with E-state index in [9.17, 15) is 14.9 Å². The molecule has 1 heterocycles. The van der Waals surface area contributed by atoms with E-state index < -0.39 is 22.3 Å². The van der Waals surface area contributed by atoms with Gasteiger partial charge < -0.3 is 4.74 Å². The molecule has 9 nitrogen and oxygen atoms in total. The summed E-state index contributed by atoms with van der Waals surface area (Å²) in [6.07, 6.45) is 2.48. The highest BCUT2D eigenvalue weighted by Crippen LogP contribution is 2.20. The summed E-state index contributed by atoms with van der Waals surface area (Å²) in [5, 5.41) is 32.0. The Balaban J connectivity index is 2.19. The summed E-state index contributed by atoms with van der Waals surface area (Å²) in [7, 11) is 1.45. The van der Waals surface area contributed by atoms with Crippen LogP contribution in [0.5, 0.6) is 5.75 Å². The van der Waals surface area contributed by atoms with Gasteiger partial charge in [-0.2, -0.15) is 15.6 Å². The summed E-state index contributed by atoms with van der Waals surface area (Å²) in [5.74, 6) is -0.812. The van der Waals surface area contributed by atoms with E-state index in [0.29, 0.717) is 5.56 Å². The molecule has 0 aliphatic rings. The van der Waals surface area contributed by atoms with Gasteiger partial charge in [-0.3, -0.25) is 14.8 Å². The maximum absolute atomic E-state index is 12.0. The molecule has 0 radical (unpaired) electrons. The number of nitro groups is 1. The molecule has 1 aromatic carbocycles. The van der Waals surface area contributed by atoms with Crippen LogP contribution in [0, 0.1) is 32.8 Å². The second-order valence-electron chi connectivity index (χ2n) is 4.53. The van der Waals surface area contributed by atoms with Crippen molar-refractivity contribution < 1.29 is 14.5 Å². The third-order valence-corrected chi connectivity index (χ3v) is 2.84. The highest BCUT2D eigenvalue weighted by molar-refractivity contribution is 5.93. The van der Waals surface area contributed by atoms with Crippen LogP contribution in [-0.4, -0.2) is 20.7 Å². The molecule has 2 aromatic rings. The first kappa shape index (κ1) is 16.4. The molecule has 24 heavy (non-hydrogen) atoms. The van der Waals surface area contributed by atoms with Gasteiger partial charge >= 0.3 is 11.7 Å². The number of nitrogens with zero attached hydrogens (tertiary/aromatic N) is 5. The summed E-state index contributed by atoms with van der Waals surface area (Å²) < 4.78 is 6.19. The third kappa shape index (κ3) is 3.61. The number of carbonyl (C=O) groups excluding carboxylic acids is 1. The van der Waals surface area contributed by atoms with Crippen LogP contribution < -0.4 is 4.74 Å². The number of aryl methyl sites for hydroxylation is 1. The minimum Gasteiger partial charge on any atom is -0.422 e. The molecular formula is C15H9N5O4. The predicted octanol–water partition coefficient (Wildman–Crippen LogP) is 1.98. The number of allylic oxidation sites excluding steroid dienone is 1. The van der Waals surface area contributed by atoms with Gasteiger partial charge in [0.2, 0.25) is 5.69 Å². The van der Waals surface area contributed by atoms with Gasteiger partial charge in [-0.25, -0.2) is 4.79 Å². The number of benzene rings is 1. The molecule has 0 spiro atoms. The molecule has 0 atom stereocenters. The number of rotatable bonds is 4. The molecule has 118 valence electrons. The van der Waals surface area contributed by atoms with E-state index in [2.05, 4.69) is 5.10 Å². The van der Waals surface area contributed by atoms with E-state index in [4.69, 9.17) is 15.3 Å². The zero-order chi connectivity index (χ0) is 17.7. The Morgan fingerprint density at radius 2 is 1.96 bits per heavy atom. The summed E-state index contributed by atoms with van der Waals surface area (Å²) in [4.78, 5) is 22.2. The maximum atomic E-state index is 12.0. The number of aromatic nitrogens is 2. The fraction of sp³-hybridized carbons (Fsp3) is 0.0667. The molecule has 1 aromatic heterocycles. The van der Waals surface area contributed by atoms with Crippen LogP contribution in [0.15, 0.2) is 36.0 Å². The van der Waals surface area contributed by atoms with Gasteiger partial charge in [0.25, 0.3) is 0 Å². The van der Waals surface area contributed by atoms with Gasteiger partial charge in [-0.05, 0) is 23.8 Å². The number of ether oxygens (including phenoxy) is 1. The summed E-state index contributed by atoms with van der Waals surface area (Å²) in [6, 6.07) is 9.39. The number of carbonyl (C=O) groups is 1. The first-order valence-electron chi connectivity index (χ1n) is 6.46. The van der Waals surface area contributed by atoms with Gasteiger partial charge in [0, 0.05) is 7.05 Å². The summed E-state index contributed by atoms with van der Waals surface area (Å²) in [5.41, 5.74) is -0.349. The van der Waals surface area contributed by atoms with E-state index in [0.717, 1.165) is 10.9 Å². The Morgan fingerprint density at radius 3 is 2.50 bits per heavy atom. The van der Waals surface area contributed by atoms with Crippen LogP contribution >= 0.6 is 0 Å². The molecule has 0 saturated heterocycles. The lowest BCUT2D eigenvalue weighted by Gasteiger charge is -2.02. The first-order chi connectivity index (χ1) is 11.4. The monoisotopic (exact) mass is 323 g/mol. The number of nitriles is 2. The van der Waals surface area contributed by atoms with Crippen molar-refractivity contribution in [3.8, 4) is 17.9 Å². The normalized spacial score (nSPS) is 9.46. The fourth-order valence-corrected chi connectivity index (χ4v) is 1.80. The molecule has 0 bridgehead atoms. The van der Waals surface area contributed by atoms with Crippen molar-refractivity contribution in [2.75, 3.05) is 0 Å². The fourth-order valence-electron chi connectivity index (χ4n) is 1.80. The molecule has 0 N–H and O–H groups in total. The van der Waals surface area contributed by atoms with E-state index in [1.165, 1.54) is 37.4 Å². The van der Waals surface area contributed by atoms with E-state index in [-0.39, 0.29) is 11.3 Å². The second kappa shape index (κ2) is 6.85. The number of esters is 1. The largest absolute Gasteiger partial charge is 0.422 e. The SMILES string of the molecule is Cn1cc([N+](=O)[O-])c(C(=O)Oc2ccc(C=C(C#N)C#N)cc2)n1. The molecule has 2 rings (SSSR count). The molecule has 0 aliphatic heterocycles. The lowest BCUT2D eigenvalue weighted by molar-refractivity contribution is -0.385. The average Bonchev–Trinajstić information content (AvgIpc) is 2.96. The quantitative estimate of drug-likeness (QED) is 0.276. The maximum Gasteiger partial charge on any atom is 0.371 e. The Hall–Kier alpha value is -3.98. The van der Waals surface area contributed by atoms with E-state index in [1.807, 2.05) is 0 Å². The van der Waals surface area contributed by atoms with Crippen molar-refractivity contribution in [2.45, 2.75) is 0 Å². The van der Waals surface area contributed by atoms with Gasteiger partial charge in [0.15, 0.2) is 0 Å². The number of hydrogen-bond donors (Lipinski definition) is 0. The van der Waals surface area contributed by atoms with Crippen molar-refractivity contribution in [1.29, 1.82) is 10.5 Å². The van der Waals surface area contributed by atoms with E-state index >= 15 is 0 Å². The van der Waals surface area contributed by atoms with Crippen LogP contribution in [-0.2, 0) is 7.05 Å². The van der Waals surface area contributed by atoms with E-state index in [1.54, 1.807) is 12.1 Å². The minimum absolute atomic E-state index is 0.0659. The molecule has 0 unspecified atom stereocenters.